The van der Waals surface area contributed by atoms with E-state index in [4.69, 9.17) is 5.73 Å². The molecule has 3 heteroatoms. The lowest BCUT2D eigenvalue weighted by Crippen LogP contribution is -2.55. The fourth-order valence-electron chi connectivity index (χ4n) is 4.02. The van der Waals surface area contributed by atoms with Crippen LogP contribution in [0.3, 0.4) is 0 Å². The minimum Gasteiger partial charge on any atom is -0.354 e. The van der Waals surface area contributed by atoms with Crippen molar-refractivity contribution >= 4 is 5.91 Å². The second-order valence-corrected chi connectivity index (χ2v) is 6.63. The van der Waals surface area contributed by atoms with Gasteiger partial charge in [-0.1, -0.05) is 6.42 Å². The van der Waals surface area contributed by atoms with Crippen molar-refractivity contribution in [1.29, 1.82) is 0 Å². The molecule has 0 aliphatic heterocycles. The smallest absolute Gasteiger partial charge is 0.220 e. The topological polar surface area (TPSA) is 55.1 Å². The molecule has 3 saturated carbocycles. The van der Waals surface area contributed by atoms with Crippen molar-refractivity contribution in [3.63, 3.8) is 0 Å². The first kappa shape index (κ1) is 11.5. The Balaban J connectivity index is 1.41. The van der Waals surface area contributed by atoms with E-state index in [2.05, 4.69) is 5.32 Å². The summed E-state index contributed by atoms with van der Waals surface area (Å²) in [7, 11) is 0. The van der Waals surface area contributed by atoms with Crippen LogP contribution in [0.1, 0.15) is 51.4 Å². The van der Waals surface area contributed by atoms with Crippen LogP contribution in [0.2, 0.25) is 0 Å². The van der Waals surface area contributed by atoms with Gasteiger partial charge in [0.25, 0.3) is 0 Å². The summed E-state index contributed by atoms with van der Waals surface area (Å²) in [6.07, 6.45) is 9.57. The molecule has 3 rings (SSSR count). The first-order valence-corrected chi connectivity index (χ1v) is 7.20. The van der Waals surface area contributed by atoms with Crippen LogP contribution in [-0.2, 0) is 4.79 Å². The standard InChI is InChI=1S/C14H24N2O/c15-14(4-1-5-14)9-16-13(17)8-12-7-10-2-3-11(12)6-10/h10-12H,1-9,15H2,(H,16,17). The summed E-state index contributed by atoms with van der Waals surface area (Å²) < 4.78 is 0. The molecule has 96 valence electrons. The monoisotopic (exact) mass is 236 g/mol. The Morgan fingerprint density at radius 1 is 1.29 bits per heavy atom. The predicted octanol–water partition coefficient (Wildman–Crippen LogP) is 1.81. The third-order valence-corrected chi connectivity index (χ3v) is 5.32. The van der Waals surface area contributed by atoms with Gasteiger partial charge < -0.3 is 11.1 Å². The number of amides is 1. The molecule has 0 saturated heterocycles. The fraction of sp³-hybridized carbons (Fsp3) is 0.929. The molecule has 17 heavy (non-hydrogen) atoms. The van der Waals surface area contributed by atoms with Gasteiger partial charge in [-0.05, 0) is 56.3 Å². The van der Waals surface area contributed by atoms with Gasteiger partial charge in [-0.3, -0.25) is 4.79 Å². The van der Waals surface area contributed by atoms with E-state index in [9.17, 15) is 4.79 Å². The third-order valence-electron chi connectivity index (χ3n) is 5.32. The minimum atomic E-state index is -0.0790. The second-order valence-electron chi connectivity index (χ2n) is 6.63. The number of carbonyl (C=O) groups excluding carboxylic acids is 1. The molecule has 0 aromatic heterocycles. The van der Waals surface area contributed by atoms with E-state index in [0.717, 1.165) is 31.1 Å². The fourth-order valence-corrected chi connectivity index (χ4v) is 4.02. The number of hydrogen-bond donors (Lipinski definition) is 2. The Kier molecular flexibility index (Phi) is 2.89. The van der Waals surface area contributed by atoms with E-state index in [1.165, 1.54) is 32.1 Å². The molecule has 2 bridgehead atoms. The van der Waals surface area contributed by atoms with E-state index < -0.39 is 0 Å². The Morgan fingerprint density at radius 3 is 2.65 bits per heavy atom. The lowest BCUT2D eigenvalue weighted by molar-refractivity contribution is -0.122. The molecule has 3 aliphatic rings. The number of hydrogen-bond acceptors (Lipinski definition) is 2. The molecule has 3 unspecified atom stereocenters. The highest BCUT2D eigenvalue weighted by Crippen LogP contribution is 2.49. The molecule has 3 N–H and O–H groups in total. The number of nitrogens with one attached hydrogen (secondary N) is 1. The number of fused-ring (bicyclic) bond motifs is 2. The van der Waals surface area contributed by atoms with Crippen molar-refractivity contribution in [2.75, 3.05) is 6.54 Å². The normalized spacial score (nSPS) is 37.8. The summed E-state index contributed by atoms with van der Waals surface area (Å²) in [4.78, 5) is 11.9. The van der Waals surface area contributed by atoms with Gasteiger partial charge in [0.2, 0.25) is 5.91 Å². The molecule has 3 aliphatic carbocycles. The highest BCUT2D eigenvalue weighted by molar-refractivity contribution is 5.76. The molecule has 0 spiro atoms. The van der Waals surface area contributed by atoms with Crippen molar-refractivity contribution in [2.24, 2.45) is 23.5 Å². The largest absolute Gasteiger partial charge is 0.354 e. The molecule has 3 fully saturated rings. The van der Waals surface area contributed by atoms with Gasteiger partial charge in [-0.25, -0.2) is 0 Å². The Hall–Kier alpha value is -0.570. The van der Waals surface area contributed by atoms with Gasteiger partial charge in [-0.15, -0.1) is 0 Å². The van der Waals surface area contributed by atoms with Gasteiger partial charge in [0.1, 0.15) is 0 Å². The van der Waals surface area contributed by atoms with E-state index in [1.807, 2.05) is 0 Å². The highest BCUT2D eigenvalue weighted by Gasteiger charge is 2.40. The van der Waals surface area contributed by atoms with E-state index in [1.54, 1.807) is 0 Å². The van der Waals surface area contributed by atoms with Gasteiger partial charge >= 0.3 is 0 Å². The quantitative estimate of drug-likeness (QED) is 0.782. The summed E-state index contributed by atoms with van der Waals surface area (Å²) >= 11 is 0. The maximum atomic E-state index is 11.9. The van der Waals surface area contributed by atoms with Gasteiger partial charge in [0, 0.05) is 18.5 Å². The minimum absolute atomic E-state index is 0.0790. The van der Waals surface area contributed by atoms with E-state index in [0.29, 0.717) is 12.5 Å². The molecule has 0 aromatic carbocycles. The van der Waals surface area contributed by atoms with Crippen molar-refractivity contribution in [3.8, 4) is 0 Å². The SMILES string of the molecule is NC1(CNC(=O)CC2CC3CCC2C3)CCC1. The van der Waals surface area contributed by atoms with E-state index >= 15 is 0 Å². The second kappa shape index (κ2) is 4.27. The average Bonchev–Trinajstić information content (AvgIpc) is 2.85. The van der Waals surface area contributed by atoms with Gasteiger partial charge in [0.15, 0.2) is 0 Å². The van der Waals surface area contributed by atoms with Crippen LogP contribution in [0.15, 0.2) is 0 Å². The summed E-state index contributed by atoms with van der Waals surface area (Å²) in [5.41, 5.74) is 6.03. The molecule has 0 radical (unpaired) electrons. The van der Waals surface area contributed by atoms with Crippen LogP contribution in [0, 0.1) is 17.8 Å². The lowest BCUT2D eigenvalue weighted by atomic mass is 9.77. The van der Waals surface area contributed by atoms with Crippen molar-refractivity contribution in [1.82, 2.24) is 5.32 Å². The average molecular weight is 236 g/mol. The molecule has 3 atom stereocenters. The summed E-state index contributed by atoms with van der Waals surface area (Å²) in [6.45, 7) is 0.687. The summed E-state index contributed by atoms with van der Waals surface area (Å²) in [5, 5.41) is 3.05. The van der Waals surface area contributed by atoms with Crippen LogP contribution in [-0.4, -0.2) is 18.0 Å². The van der Waals surface area contributed by atoms with Crippen LogP contribution < -0.4 is 11.1 Å². The lowest BCUT2D eigenvalue weighted by Gasteiger charge is -2.38. The van der Waals surface area contributed by atoms with Gasteiger partial charge in [0.05, 0.1) is 0 Å². The Morgan fingerprint density at radius 2 is 2.12 bits per heavy atom. The molecular formula is C14H24N2O. The van der Waals surface area contributed by atoms with Crippen molar-refractivity contribution in [2.45, 2.75) is 56.9 Å². The summed E-state index contributed by atoms with van der Waals surface area (Å²) in [6, 6.07) is 0. The van der Waals surface area contributed by atoms with Crippen LogP contribution >= 0.6 is 0 Å². The van der Waals surface area contributed by atoms with Crippen LogP contribution in [0.5, 0.6) is 0 Å². The molecule has 0 heterocycles. The molecular weight excluding hydrogens is 212 g/mol. The van der Waals surface area contributed by atoms with Gasteiger partial charge in [-0.2, -0.15) is 0 Å². The number of carbonyl (C=O) groups is 1. The first-order valence-electron chi connectivity index (χ1n) is 7.20. The van der Waals surface area contributed by atoms with E-state index in [-0.39, 0.29) is 11.4 Å². The molecule has 1 amide bonds. The predicted molar refractivity (Wildman–Crippen MR) is 67.3 cm³/mol. The van der Waals surface area contributed by atoms with Crippen LogP contribution in [0.4, 0.5) is 0 Å². The highest BCUT2D eigenvalue weighted by atomic mass is 16.1. The zero-order valence-corrected chi connectivity index (χ0v) is 10.6. The number of rotatable bonds is 4. The zero-order chi connectivity index (χ0) is 11.9. The number of nitrogens with two attached hydrogens (primary N) is 1. The van der Waals surface area contributed by atoms with Crippen molar-refractivity contribution in [3.05, 3.63) is 0 Å². The molecule has 0 aromatic rings. The third kappa shape index (κ3) is 2.35. The maximum Gasteiger partial charge on any atom is 0.220 e. The zero-order valence-electron chi connectivity index (χ0n) is 10.6. The Bertz CT molecular complexity index is 311. The maximum absolute atomic E-state index is 11.9. The van der Waals surface area contributed by atoms with Crippen LogP contribution in [0.25, 0.3) is 0 Å². The summed E-state index contributed by atoms with van der Waals surface area (Å²) in [5.74, 6) is 2.69. The Labute approximate surface area is 104 Å². The molecule has 3 nitrogen and oxygen atoms in total. The first-order chi connectivity index (χ1) is 8.15. The van der Waals surface area contributed by atoms with Crippen molar-refractivity contribution < 1.29 is 4.79 Å².